The Morgan fingerprint density at radius 1 is 0.292 bits per heavy atom. The lowest BCUT2D eigenvalue weighted by Gasteiger charge is -2.21. The summed E-state index contributed by atoms with van der Waals surface area (Å²) in [6, 6.07) is 0. The van der Waals surface area contributed by atoms with Gasteiger partial charge in [-0.2, -0.15) is 0 Å². The van der Waals surface area contributed by atoms with Crippen molar-refractivity contribution in [3.63, 3.8) is 0 Å². The number of aliphatic hydroxyl groups excluding tert-OH is 1. The van der Waals surface area contributed by atoms with E-state index in [2.05, 4.69) is 55.4 Å². The fourth-order valence-electron chi connectivity index (χ4n) is 11.7. The molecule has 0 bridgehead atoms. The number of hydrogen-bond donors (Lipinski definition) is 3. The van der Waals surface area contributed by atoms with Gasteiger partial charge < -0.3 is 33.8 Å². The smallest absolute Gasteiger partial charge is 0.462 e. The van der Waals surface area contributed by atoms with Crippen molar-refractivity contribution in [1.29, 1.82) is 0 Å². The zero-order chi connectivity index (χ0) is 71.0. The third kappa shape index (κ3) is 69.2. The summed E-state index contributed by atoms with van der Waals surface area (Å²) in [5.41, 5.74) is 0. The molecule has 0 spiro atoms. The number of phosphoric acid groups is 2. The fraction of sp³-hybridized carbons (Fsp3) is 0.948. The molecule has 6 atom stereocenters. The molecular weight excluding hydrogens is 1260 g/mol. The van der Waals surface area contributed by atoms with E-state index >= 15 is 0 Å². The Balaban J connectivity index is 5.20. The van der Waals surface area contributed by atoms with E-state index in [1.807, 2.05) is 0 Å². The van der Waals surface area contributed by atoms with E-state index in [0.717, 1.165) is 114 Å². The van der Waals surface area contributed by atoms with Crippen molar-refractivity contribution in [2.24, 2.45) is 23.7 Å². The van der Waals surface area contributed by atoms with Crippen LogP contribution in [0.15, 0.2) is 0 Å². The molecule has 0 aliphatic heterocycles. The minimum atomic E-state index is -4.96. The van der Waals surface area contributed by atoms with Gasteiger partial charge in [0.2, 0.25) is 0 Å². The quantitative estimate of drug-likeness (QED) is 0.0222. The van der Waals surface area contributed by atoms with E-state index in [9.17, 15) is 43.2 Å². The van der Waals surface area contributed by atoms with Gasteiger partial charge in [-0.05, 0) is 49.4 Å². The molecular formula is C77H150O17P2. The number of esters is 4. The molecule has 4 unspecified atom stereocenters. The minimum Gasteiger partial charge on any atom is -0.462 e. The first kappa shape index (κ1) is 94.1. The van der Waals surface area contributed by atoms with Gasteiger partial charge in [0, 0.05) is 25.7 Å². The van der Waals surface area contributed by atoms with Gasteiger partial charge in [-0.1, -0.05) is 338 Å². The summed E-state index contributed by atoms with van der Waals surface area (Å²) in [6.07, 6.45) is 51.5. The zero-order valence-corrected chi connectivity index (χ0v) is 64.8. The number of phosphoric ester groups is 2. The average Bonchev–Trinajstić information content (AvgIpc) is 3.42. The number of hydrogen-bond acceptors (Lipinski definition) is 15. The maximum Gasteiger partial charge on any atom is 0.472 e. The van der Waals surface area contributed by atoms with Gasteiger partial charge in [0.1, 0.15) is 19.3 Å². The molecule has 17 nitrogen and oxygen atoms in total. The summed E-state index contributed by atoms with van der Waals surface area (Å²) in [4.78, 5) is 72.8. The zero-order valence-electron chi connectivity index (χ0n) is 63.0. The second-order valence-corrected chi connectivity index (χ2v) is 32.3. The highest BCUT2D eigenvalue weighted by atomic mass is 31.2. The van der Waals surface area contributed by atoms with E-state index in [-0.39, 0.29) is 25.7 Å². The molecule has 0 fully saturated rings. The molecule has 0 rings (SSSR count). The van der Waals surface area contributed by atoms with Crippen LogP contribution in [0.5, 0.6) is 0 Å². The lowest BCUT2D eigenvalue weighted by molar-refractivity contribution is -0.161. The van der Waals surface area contributed by atoms with E-state index in [1.165, 1.54) is 186 Å². The third-order valence-corrected chi connectivity index (χ3v) is 20.1. The molecule has 0 heterocycles. The summed E-state index contributed by atoms with van der Waals surface area (Å²) in [6.45, 7) is 14.2. The molecule has 0 aliphatic rings. The Bertz CT molecular complexity index is 1890. The fourth-order valence-corrected chi connectivity index (χ4v) is 13.3. The maximum atomic E-state index is 13.1. The molecule has 3 N–H and O–H groups in total. The number of carbonyl (C=O) groups excluding carboxylic acids is 4. The Labute approximate surface area is 588 Å². The van der Waals surface area contributed by atoms with Gasteiger partial charge in [0.05, 0.1) is 26.4 Å². The second kappa shape index (κ2) is 66.3. The van der Waals surface area contributed by atoms with Gasteiger partial charge in [-0.25, -0.2) is 9.13 Å². The largest absolute Gasteiger partial charge is 0.472 e. The number of rotatable bonds is 74. The molecule has 0 saturated heterocycles. The lowest BCUT2D eigenvalue weighted by atomic mass is 9.99. The monoisotopic (exact) mass is 1410 g/mol. The molecule has 19 heteroatoms. The van der Waals surface area contributed by atoms with Gasteiger partial charge in [-0.3, -0.25) is 37.3 Å². The lowest BCUT2D eigenvalue weighted by Crippen LogP contribution is -2.30. The Morgan fingerprint density at radius 2 is 0.500 bits per heavy atom. The molecule has 0 aromatic heterocycles. The Morgan fingerprint density at radius 3 is 0.740 bits per heavy atom. The van der Waals surface area contributed by atoms with Crippen LogP contribution in [0.4, 0.5) is 0 Å². The van der Waals surface area contributed by atoms with Crippen LogP contribution in [-0.4, -0.2) is 96.7 Å². The van der Waals surface area contributed by atoms with Gasteiger partial charge >= 0.3 is 39.5 Å². The van der Waals surface area contributed by atoms with Crippen molar-refractivity contribution in [3.05, 3.63) is 0 Å². The van der Waals surface area contributed by atoms with Crippen LogP contribution in [0.3, 0.4) is 0 Å². The average molecular weight is 1410 g/mol. The van der Waals surface area contributed by atoms with Crippen LogP contribution < -0.4 is 0 Å². The summed E-state index contributed by atoms with van der Waals surface area (Å²) in [5, 5.41) is 10.6. The topological polar surface area (TPSA) is 237 Å². The van der Waals surface area contributed by atoms with Crippen LogP contribution in [-0.2, 0) is 65.4 Å². The SMILES string of the molecule is CCC(C)CCCCCCCCCCC(=O)O[C@H](COC(=O)CCCCCCCCCCCCCCCC(C)C)COP(=O)(O)OCC(O)COP(=O)(O)OC[C@@H](COC(=O)CCCCCCCCC(C)C)OC(=O)CCCCCCCCCCCCCCCCCCC(C)C. The Hall–Kier alpha value is -1.94. The van der Waals surface area contributed by atoms with Crippen molar-refractivity contribution in [1.82, 2.24) is 0 Å². The highest BCUT2D eigenvalue weighted by molar-refractivity contribution is 7.47. The molecule has 570 valence electrons. The predicted molar refractivity (Wildman–Crippen MR) is 391 cm³/mol. The van der Waals surface area contributed by atoms with Crippen molar-refractivity contribution < 1.29 is 80.2 Å². The number of aliphatic hydroxyl groups is 1. The number of unbranched alkanes of at least 4 members (excludes halogenated alkanes) is 39. The van der Waals surface area contributed by atoms with E-state index in [4.69, 9.17) is 37.0 Å². The van der Waals surface area contributed by atoms with Crippen LogP contribution in [0, 0.1) is 23.7 Å². The summed E-state index contributed by atoms with van der Waals surface area (Å²) in [7, 11) is -9.91. The molecule has 0 saturated carbocycles. The van der Waals surface area contributed by atoms with Crippen LogP contribution in [0.1, 0.15) is 389 Å². The molecule has 96 heavy (non-hydrogen) atoms. The third-order valence-electron chi connectivity index (χ3n) is 18.2. The standard InChI is InChI=1S/C77H150O17P2/c1-9-70(8)56-48-40-31-27-28-34-44-52-60-77(82)94-72(63-87-74(79)57-49-41-32-25-21-18-14-16-20-24-30-38-46-54-68(4)5)65-91-95(83,84)89-61-71(78)62-90-96(85,86)92-66-73(64-88-75(80)58-50-42-36-35-39-47-55-69(6)7)93-76(81)59-51-43-33-26-22-17-13-11-10-12-15-19-23-29-37-45-53-67(2)3/h67-73,78H,9-66H2,1-8H3,(H,83,84)(H,85,86)/t70?,71?,72-,73-/m1/s1. The molecule has 0 radical (unpaired) electrons. The molecule has 0 aromatic rings. The van der Waals surface area contributed by atoms with Crippen LogP contribution >= 0.6 is 15.6 Å². The second-order valence-electron chi connectivity index (χ2n) is 29.4. The highest BCUT2D eigenvalue weighted by Crippen LogP contribution is 2.45. The van der Waals surface area contributed by atoms with Crippen molar-refractivity contribution in [2.75, 3.05) is 39.6 Å². The van der Waals surface area contributed by atoms with E-state index in [1.54, 1.807) is 0 Å². The first-order chi connectivity index (χ1) is 46.1. The number of ether oxygens (including phenoxy) is 4. The minimum absolute atomic E-state index is 0.105. The van der Waals surface area contributed by atoms with Crippen LogP contribution in [0.25, 0.3) is 0 Å². The molecule has 0 aromatic carbocycles. The first-order valence-electron chi connectivity index (χ1n) is 39.7. The summed E-state index contributed by atoms with van der Waals surface area (Å²) < 4.78 is 68.5. The van der Waals surface area contributed by atoms with E-state index < -0.39 is 97.5 Å². The van der Waals surface area contributed by atoms with Gasteiger partial charge in [0.25, 0.3) is 0 Å². The van der Waals surface area contributed by atoms with Crippen molar-refractivity contribution >= 4 is 39.5 Å². The predicted octanol–water partition coefficient (Wildman–Crippen LogP) is 22.4. The maximum absolute atomic E-state index is 13.1. The molecule has 0 amide bonds. The molecule has 0 aliphatic carbocycles. The van der Waals surface area contributed by atoms with Crippen molar-refractivity contribution in [2.45, 2.75) is 408 Å². The van der Waals surface area contributed by atoms with Crippen LogP contribution in [0.2, 0.25) is 0 Å². The van der Waals surface area contributed by atoms with Gasteiger partial charge in [0.15, 0.2) is 12.2 Å². The van der Waals surface area contributed by atoms with Crippen molar-refractivity contribution in [3.8, 4) is 0 Å². The first-order valence-corrected chi connectivity index (χ1v) is 42.7. The summed E-state index contributed by atoms with van der Waals surface area (Å²) in [5.74, 6) is 0.927. The van der Waals surface area contributed by atoms with E-state index in [0.29, 0.717) is 31.6 Å². The van der Waals surface area contributed by atoms with Gasteiger partial charge in [-0.15, -0.1) is 0 Å². The highest BCUT2D eigenvalue weighted by Gasteiger charge is 2.30. The number of carbonyl (C=O) groups is 4. The Kier molecular flexibility index (Phi) is 65.0. The summed E-state index contributed by atoms with van der Waals surface area (Å²) >= 11 is 0. The normalized spacial score (nSPS) is 14.4.